The molecule has 9 heteroatoms. The lowest BCUT2D eigenvalue weighted by Gasteiger charge is -2.14. The van der Waals surface area contributed by atoms with E-state index < -0.39 is 11.8 Å². The SMILES string of the molecule is CCCCCCOc1ccc(Br)cc1C(=O)NC(=S)NNC(=O)COc1ccc(-c2ccccc2)cc1. The number of ether oxygens (including phenoxy) is 2. The molecule has 0 spiro atoms. The second kappa shape index (κ2) is 15.0. The molecule has 3 rings (SSSR count). The summed E-state index contributed by atoms with van der Waals surface area (Å²) in [5, 5.41) is 2.49. The third-order valence-corrected chi connectivity index (χ3v) is 6.01. The average molecular weight is 585 g/mol. The van der Waals surface area contributed by atoms with E-state index in [9.17, 15) is 9.59 Å². The Hall–Kier alpha value is -3.43. The predicted molar refractivity (Wildman–Crippen MR) is 152 cm³/mol. The van der Waals surface area contributed by atoms with E-state index >= 15 is 0 Å². The van der Waals surface area contributed by atoms with Gasteiger partial charge in [-0.25, -0.2) is 0 Å². The summed E-state index contributed by atoms with van der Waals surface area (Å²) in [5.74, 6) is 0.118. The molecule has 194 valence electrons. The first-order valence-corrected chi connectivity index (χ1v) is 13.3. The predicted octanol–water partition coefficient (Wildman–Crippen LogP) is 5.79. The first kappa shape index (κ1) is 28.1. The molecule has 0 aliphatic carbocycles. The summed E-state index contributed by atoms with van der Waals surface area (Å²) in [6, 6.07) is 22.6. The lowest BCUT2D eigenvalue weighted by molar-refractivity contribution is -0.123. The average Bonchev–Trinajstić information content (AvgIpc) is 2.92. The molecule has 7 nitrogen and oxygen atoms in total. The van der Waals surface area contributed by atoms with Gasteiger partial charge in [0.15, 0.2) is 11.7 Å². The summed E-state index contributed by atoms with van der Waals surface area (Å²) in [4.78, 5) is 24.9. The van der Waals surface area contributed by atoms with Gasteiger partial charge in [-0.2, -0.15) is 0 Å². The maximum absolute atomic E-state index is 12.8. The van der Waals surface area contributed by atoms with Gasteiger partial charge in [-0.15, -0.1) is 0 Å². The van der Waals surface area contributed by atoms with Gasteiger partial charge in [0.05, 0.1) is 12.2 Å². The lowest BCUT2D eigenvalue weighted by atomic mass is 10.1. The van der Waals surface area contributed by atoms with Gasteiger partial charge < -0.3 is 9.47 Å². The minimum Gasteiger partial charge on any atom is -0.493 e. The van der Waals surface area contributed by atoms with Gasteiger partial charge in [-0.05, 0) is 60.1 Å². The van der Waals surface area contributed by atoms with Crippen LogP contribution in [0.1, 0.15) is 43.0 Å². The maximum Gasteiger partial charge on any atom is 0.276 e. The van der Waals surface area contributed by atoms with Crippen molar-refractivity contribution in [1.82, 2.24) is 16.2 Å². The molecule has 0 aliphatic heterocycles. The van der Waals surface area contributed by atoms with Crippen LogP contribution in [0.5, 0.6) is 11.5 Å². The number of benzene rings is 3. The van der Waals surface area contributed by atoms with Crippen LogP contribution in [0.25, 0.3) is 11.1 Å². The fraction of sp³-hybridized carbons (Fsp3) is 0.250. The highest BCUT2D eigenvalue weighted by molar-refractivity contribution is 9.10. The number of carbonyl (C=O) groups excluding carboxylic acids is 2. The number of hydrogen-bond acceptors (Lipinski definition) is 5. The Morgan fingerprint density at radius 3 is 2.32 bits per heavy atom. The number of hydrogen-bond donors (Lipinski definition) is 3. The van der Waals surface area contributed by atoms with E-state index in [-0.39, 0.29) is 11.7 Å². The summed E-state index contributed by atoms with van der Waals surface area (Å²) in [7, 11) is 0. The van der Waals surface area contributed by atoms with E-state index in [1.165, 1.54) is 0 Å². The minimum atomic E-state index is -0.456. The Morgan fingerprint density at radius 1 is 0.865 bits per heavy atom. The zero-order valence-corrected chi connectivity index (χ0v) is 23.0. The highest BCUT2D eigenvalue weighted by Gasteiger charge is 2.15. The van der Waals surface area contributed by atoms with Crippen molar-refractivity contribution < 1.29 is 19.1 Å². The molecular weight excluding hydrogens is 554 g/mol. The van der Waals surface area contributed by atoms with Crippen LogP contribution in [0.3, 0.4) is 0 Å². The standard InChI is InChI=1S/C28H30BrN3O4S/c1-2-3-4-8-17-35-25-16-13-22(29)18-24(25)27(34)30-28(37)32-31-26(33)19-36-23-14-11-21(12-15-23)20-9-6-5-7-10-20/h5-7,9-16,18H,2-4,8,17,19H2,1H3,(H,31,33)(H2,30,32,34,37). The fourth-order valence-electron chi connectivity index (χ4n) is 3.40. The van der Waals surface area contributed by atoms with Crippen molar-refractivity contribution in [3.05, 3.63) is 82.8 Å². The third-order valence-electron chi connectivity index (χ3n) is 5.32. The first-order chi connectivity index (χ1) is 18.0. The number of thiocarbonyl (C=S) groups is 1. The fourth-order valence-corrected chi connectivity index (χ4v) is 3.91. The summed E-state index contributed by atoms with van der Waals surface area (Å²) in [5.41, 5.74) is 7.42. The molecule has 0 aliphatic rings. The van der Waals surface area contributed by atoms with Crippen LogP contribution in [0, 0.1) is 0 Å². The molecule has 3 aromatic carbocycles. The Labute approximate surface area is 231 Å². The van der Waals surface area contributed by atoms with Crippen LogP contribution in [-0.4, -0.2) is 30.1 Å². The monoisotopic (exact) mass is 583 g/mol. The number of carbonyl (C=O) groups is 2. The van der Waals surface area contributed by atoms with E-state index in [4.69, 9.17) is 21.7 Å². The number of nitrogens with one attached hydrogen (secondary N) is 3. The van der Waals surface area contributed by atoms with Gasteiger partial charge in [0, 0.05) is 4.47 Å². The zero-order valence-electron chi connectivity index (χ0n) is 20.6. The van der Waals surface area contributed by atoms with Crippen molar-refractivity contribution in [2.24, 2.45) is 0 Å². The molecule has 3 N–H and O–H groups in total. The second-order valence-electron chi connectivity index (χ2n) is 8.19. The number of rotatable bonds is 11. The van der Waals surface area contributed by atoms with Crippen molar-refractivity contribution in [2.45, 2.75) is 32.6 Å². The quantitative estimate of drug-likeness (QED) is 0.150. The van der Waals surface area contributed by atoms with Crippen LogP contribution in [0.4, 0.5) is 0 Å². The molecule has 0 unspecified atom stereocenters. The van der Waals surface area contributed by atoms with Crippen molar-refractivity contribution >= 4 is 45.1 Å². The molecule has 0 bridgehead atoms. The Kier molecular flexibility index (Phi) is 11.4. The van der Waals surface area contributed by atoms with E-state index in [0.717, 1.165) is 41.3 Å². The summed E-state index contributed by atoms with van der Waals surface area (Å²) < 4.78 is 12.1. The van der Waals surface area contributed by atoms with Crippen molar-refractivity contribution in [3.63, 3.8) is 0 Å². The summed E-state index contributed by atoms with van der Waals surface area (Å²) in [6.45, 7) is 2.45. The number of halogens is 1. The molecule has 0 saturated heterocycles. The molecule has 0 atom stereocenters. The highest BCUT2D eigenvalue weighted by Crippen LogP contribution is 2.24. The Bertz CT molecular complexity index is 1190. The van der Waals surface area contributed by atoms with Crippen LogP contribution < -0.4 is 25.6 Å². The minimum absolute atomic E-state index is 0.0561. The maximum atomic E-state index is 12.8. The number of unbranched alkanes of at least 4 members (excludes halogenated alkanes) is 3. The van der Waals surface area contributed by atoms with Gasteiger partial charge in [0.25, 0.3) is 11.8 Å². The zero-order chi connectivity index (χ0) is 26.5. The van der Waals surface area contributed by atoms with Gasteiger partial charge in [0.2, 0.25) is 0 Å². The third kappa shape index (κ3) is 9.51. The number of amides is 2. The van der Waals surface area contributed by atoms with Crippen molar-refractivity contribution in [3.8, 4) is 22.6 Å². The summed E-state index contributed by atoms with van der Waals surface area (Å²) >= 11 is 8.53. The van der Waals surface area contributed by atoms with Crippen LogP contribution >= 0.6 is 28.1 Å². The van der Waals surface area contributed by atoms with Crippen molar-refractivity contribution in [1.29, 1.82) is 0 Å². The summed E-state index contributed by atoms with van der Waals surface area (Å²) in [6.07, 6.45) is 4.27. The molecule has 0 fully saturated rings. The van der Waals surface area contributed by atoms with Crippen LogP contribution in [0.2, 0.25) is 0 Å². The Balaban J connectivity index is 1.43. The van der Waals surface area contributed by atoms with Gasteiger partial charge in [-0.3, -0.25) is 25.8 Å². The van der Waals surface area contributed by atoms with Gasteiger partial charge >= 0.3 is 0 Å². The molecule has 0 aromatic heterocycles. The van der Waals surface area contributed by atoms with Gasteiger partial charge in [0.1, 0.15) is 11.5 Å². The molecular formula is C28H30BrN3O4S. The van der Waals surface area contributed by atoms with E-state index in [0.29, 0.717) is 23.7 Å². The Morgan fingerprint density at radius 2 is 1.59 bits per heavy atom. The lowest BCUT2D eigenvalue weighted by Crippen LogP contribution is -2.49. The molecule has 0 saturated carbocycles. The number of hydrazine groups is 1. The topological polar surface area (TPSA) is 88.7 Å². The van der Waals surface area contributed by atoms with E-state index in [1.54, 1.807) is 24.3 Å². The van der Waals surface area contributed by atoms with E-state index in [1.807, 2.05) is 48.5 Å². The van der Waals surface area contributed by atoms with E-state index in [2.05, 4.69) is 39.0 Å². The van der Waals surface area contributed by atoms with Crippen LogP contribution in [0.15, 0.2) is 77.3 Å². The molecule has 0 heterocycles. The molecule has 37 heavy (non-hydrogen) atoms. The normalized spacial score (nSPS) is 10.3. The molecule has 2 amide bonds. The molecule has 3 aromatic rings. The van der Waals surface area contributed by atoms with Crippen LogP contribution in [-0.2, 0) is 4.79 Å². The van der Waals surface area contributed by atoms with Gasteiger partial charge in [-0.1, -0.05) is 84.6 Å². The first-order valence-electron chi connectivity index (χ1n) is 12.1. The molecule has 0 radical (unpaired) electrons. The largest absolute Gasteiger partial charge is 0.493 e. The smallest absolute Gasteiger partial charge is 0.276 e. The van der Waals surface area contributed by atoms with Crippen molar-refractivity contribution in [2.75, 3.05) is 13.2 Å². The second-order valence-corrected chi connectivity index (χ2v) is 9.51. The highest BCUT2D eigenvalue weighted by atomic mass is 79.9.